The Hall–Kier alpha value is -3.85. The zero-order valence-electron chi connectivity index (χ0n) is 19.4. The maximum atomic E-state index is 12.4. The highest BCUT2D eigenvalue weighted by molar-refractivity contribution is 5.65. The smallest absolute Gasteiger partial charge is 0.268 e. The minimum absolute atomic E-state index is 0.0107. The van der Waals surface area contributed by atoms with Crippen molar-refractivity contribution in [3.05, 3.63) is 64.8 Å². The predicted octanol–water partition coefficient (Wildman–Crippen LogP) is 3.72. The maximum Gasteiger partial charge on any atom is 0.268 e. The number of pyridine rings is 1. The Morgan fingerprint density at radius 1 is 1.15 bits per heavy atom. The second-order valence-electron chi connectivity index (χ2n) is 8.51. The van der Waals surface area contributed by atoms with Crippen LogP contribution in [-0.2, 0) is 6.54 Å². The molecule has 34 heavy (non-hydrogen) atoms. The number of hydrogen-bond donors (Lipinski definition) is 1. The van der Waals surface area contributed by atoms with Crippen LogP contribution in [0.5, 0.6) is 5.75 Å². The molecule has 9 heteroatoms. The molecule has 4 aromatic rings. The van der Waals surface area contributed by atoms with Crippen molar-refractivity contribution in [3.8, 4) is 40.0 Å². The molecular formula is C25H26N6O3. The lowest BCUT2D eigenvalue weighted by molar-refractivity contribution is 0.413. The molecule has 1 N–H and O–H groups in total. The molecule has 0 saturated heterocycles. The molecule has 3 aromatic heterocycles. The molecule has 174 valence electrons. The summed E-state index contributed by atoms with van der Waals surface area (Å²) in [4.78, 5) is 21.4. The predicted molar refractivity (Wildman–Crippen MR) is 127 cm³/mol. The van der Waals surface area contributed by atoms with Crippen LogP contribution in [0.1, 0.15) is 31.4 Å². The fourth-order valence-electron chi connectivity index (χ4n) is 4.05. The molecule has 0 bridgehead atoms. The van der Waals surface area contributed by atoms with Crippen molar-refractivity contribution in [1.82, 2.24) is 30.0 Å². The van der Waals surface area contributed by atoms with Crippen LogP contribution in [0, 0.1) is 5.92 Å². The molecule has 0 amide bonds. The molecule has 0 radical (unpaired) electrons. The lowest BCUT2D eigenvalue weighted by Gasteiger charge is -2.15. The third kappa shape index (κ3) is 4.34. The van der Waals surface area contributed by atoms with E-state index in [1.165, 1.54) is 0 Å². The van der Waals surface area contributed by atoms with Gasteiger partial charge in [-0.05, 0) is 56.5 Å². The van der Waals surface area contributed by atoms with Gasteiger partial charge in [0, 0.05) is 30.4 Å². The van der Waals surface area contributed by atoms with E-state index in [-0.39, 0.29) is 17.5 Å². The fraction of sp³-hybridized carbons (Fsp3) is 0.320. The van der Waals surface area contributed by atoms with Crippen LogP contribution >= 0.6 is 0 Å². The molecule has 1 unspecified atom stereocenters. The summed E-state index contributed by atoms with van der Waals surface area (Å²) in [6.45, 7) is 2.81. The van der Waals surface area contributed by atoms with Gasteiger partial charge < -0.3 is 19.0 Å². The van der Waals surface area contributed by atoms with Gasteiger partial charge in [-0.25, -0.2) is 4.98 Å². The zero-order chi connectivity index (χ0) is 23.7. The Kier molecular flexibility index (Phi) is 5.93. The number of aromatic nitrogens is 5. The van der Waals surface area contributed by atoms with Crippen LogP contribution in [0.25, 0.3) is 34.3 Å². The molecule has 1 atom stereocenters. The summed E-state index contributed by atoms with van der Waals surface area (Å²) in [6.07, 6.45) is 7.42. The minimum Gasteiger partial charge on any atom is -0.496 e. The average Bonchev–Trinajstić information content (AvgIpc) is 3.60. The highest BCUT2D eigenvalue weighted by Crippen LogP contribution is 2.39. The summed E-state index contributed by atoms with van der Waals surface area (Å²) in [5.41, 5.74) is 3.66. The first-order valence-corrected chi connectivity index (χ1v) is 11.3. The molecule has 1 aliphatic carbocycles. The number of nitrogens with one attached hydrogen (secondary N) is 1. The van der Waals surface area contributed by atoms with E-state index in [4.69, 9.17) is 9.15 Å². The second-order valence-corrected chi connectivity index (χ2v) is 8.51. The van der Waals surface area contributed by atoms with Crippen molar-refractivity contribution in [1.29, 1.82) is 0 Å². The average molecular weight is 459 g/mol. The Morgan fingerprint density at radius 2 is 1.94 bits per heavy atom. The Morgan fingerprint density at radius 3 is 2.71 bits per heavy atom. The Labute approximate surface area is 196 Å². The molecule has 0 aliphatic heterocycles. The lowest BCUT2D eigenvalue weighted by atomic mass is 10.1. The molecule has 9 nitrogen and oxygen atoms in total. The van der Waals surface area contributed by atoms with Crippen LogP contribution < -0.4 is 15.6 Å². The molecular weight excluding hydrogens is 432 g/mol. The van der Waals surface area contributed by atoms with Crippen LogP contribution in [0.2, 0.25) is 0 Å². The van der Waals surface area contributed by atoms with Gasteiger partial charge in [0.2, 0.25) is 0 Å². The summed E-state index contributed by atoms with van der Waals surface area (Å²) in [5, 5.41) is 11.5. The Bertz CT molecular complexity index is 1380. The maximum absolute atomic E-state index is 12.4. The van der Waals surface area contributed by atoms with Crippen molar-refractivity contribution in [2.75, 3.05) is 14.2 Å². The van der Waals surface area contributed by atoms with Gasteiger partial charge in [-0.1, -0.05) is 6.07 Å². The highest BCUT2D eigenvalue weighted by atomic mass is 16.5. The zero-order valence-corrected chi connectivity index (χ0v) is 19.4. The Balaban J connectivity index is 1.45. The SMILES string of the molecule is CNCc1ccc(-c2nnc(-c3cncc(-c4ccc(=O)n(C(C)C5CC5)c4)n3)o2)c(OC)c1. The van der Waals surface area contributed by atoms with E-state index in [0.29, 0.717) is 34.5 Å². The van der Waals surface area contributed by atoms with E-state index < -0.39 is 0 Å². The van der Waals surface area contributed by atoms with Crippen molar-refractivity contribution in [3.63, 3.8) is 0 Å². The van der Waals surface area contributed by atoms with Gasteiger partial charge in [-0.2, -0.15) is 0 Å². The standard InChI is InChI=1S/C25H26N6O3/c1-15(17-5-6-17)31-14-18(7-9-23(31)32)20-12-27-13-21(28-20)25-30-29-24(34-25)19-8-4-16(11-26-2)10-22(19)33-3/h4,7-10,12-15,17,26H,5-6,11H2,1-3H3. The minimum atomic E-state index is -0.0107. The van der Waals surface area contributed by atoms with Crippen molar-refractivity contribution < 1.29 is 9.15 Å². The first-order chi connectivity index (χ1) is 16.6. The first kappa shape index (κ1) is 22.0. The highest BCUT2D eigenvalue weighted by Gasteiger charge is 2.29. The molecule has 1 aromatic carbocycles. The fourth-order valence-corrected chi connectivity index (χ4v) is 4.05. The summed E-state index contributed by atoms with van der Waals surface area (Å²) in [6, 6.07) is 9.33. The summed E-state index contributed by atoms with van der Waals surface area (Å²) >= 11 is 0. The van der Waals surface area contributed by atoms with Crippen LogP contribution in [-0.4, -0.2) is 38.9 Å². The van der Waals surface area contributed by atoms with Gasteiger partial charge in [0.25, 0.3) is 17.3 Å². The van der Waals surface area contributed by atoms with Gasteiger partial charge >= 0.3 is 0 Å². The number of nitrogens with zero attached hydrogens (tertiary/aromatic N) is 5. The molecule has 5 rings (SSSR count). The molecule has 0 spiro atoms. The second kappa shape index (κ2) is 9.18. The van der Waals surface area contributed by atoms with Gasteiger partial charge in [-0.3, -0.25) is 9.78 Å². The number of benzene rings is 1. The van der Waals surface area contributed by atoms with Crippen LogP contribution in [0.3, 0.4) is 0 Å². The summed E-state index contributed by atoms with van der Waals surface area (Å²) in [5.74, 6) is 1.80. The molecule has 1 saturated carbocycles. The monoisotopic (exact) mass is 458 g/mol. The van der Waals surface area contributed by atoms with E-state index in [2.05, 4.69) is 32.4 Å². The molecule has 3 heterocycles. The van der Waals surface area contributed by atoms with Gasteiger partial charge in [-0.15, -0.1) is 10.2 Å². The largest absolute Gasteiger partial charge is 0.496 e. The summed E-state index contributed by atoms with van der Waals surface area (Å²) in [7, 11) is 3.50. The number of rotatable bonds is 8. The first-order valence-electron chi connectivity index (χ1n) is 11.3. The third-order valence-corrected chi connectivity index (χ3v) is 6.13. The van der Waals surface area contributed by atoms with Crippen LogP contribution in [0.4, 0.5) is 0 Å². The lowest BCUT2D eigenvalue weighted by Crippen LogP contribution is -2.23. The van der Waals surface area contributed by atoms with Crippen molar-refractivity contribution in [2.24, 2.45) is 5.92 Å². The van der Waals surface area contributed by atoms with Gasteiger partial charge in [0.15, 0.2) is 0 Å². The normalized spacial score (nSPS) is 14.2. The van der Waals surface area contributed by atoms with Gasteiger partial charge in [0.1, 0.15) is 11.4 Å². The quantitative estimate of drug-likeness (QED) is 0.426. The van der Waals surface area contributed by atoms with Crippen molar-refractivity contribution in [2.45, 2.75) is 32.4 Å². The van der Waals surface area contributed by atoms with Gasteiger partial charge in [0.05, 0.1) is 30.8 Å². The van der Waals surface area contributed by atoms with Crippen molar-refractivity contribution >= 4 is 0 Å². The number of hydrogen-bond acceptors (Lipinski definition) is 8. The number of ether oxygens (including phenoxy) is 1. The summed E-state index contributed by atoms with van der Waals surface area (Å²) < 4.78 is 13.3. The van der Waals surface area contributed by atoms with E-state index in [1.807, 2.05) is 31.4 Å². The third-order valence-electron chi connectivity index (χ3n) is 6.13. The molecule has 1 fully saturated rings. The number of methoxy groups -OCH3 is 1. The topological polar surface area (TPSA) is 108 Å². The molecule has 1 aliphatic rings. The van der Waals surface area contributed by atoms with E-state index >= 15 is 0 Å². The van der Waals surface area contributed by atoms with E-state index in [9.17, 15) is 4.79 Å². The van der Waals surface area contributed by atoms with E-state index in [0.717, 1.165) is 30.5 Å². The van der Waals surface area contributed by atoms with E-state index in [1.54, 1.807) is 36.2 Å². The van der Waals surface area contributed by atoms with Crippen LogP contribution in [0.15, 0.2) is 58.1 Å².